The molecule has 6 nitrogen and oxygen atoms in total. The summed E-state index contributed by atoms with van der Waals surface area (Å²) in [6.07, 6.45) is 2.24. The quantitative estimate of drug-likeness (QED) is 0.813. The topological polar surface area (TPSA) is 69.0 Å². The summed E-state index contributed by atoms with van der Waals surface area (Å²) in [6, 6.07) is 9.92. The van der Waals surface area contributed by atoms with Gasteiger partial charge in [-0.3, -0.25) is 9.36 Å². The molecule has 0 spiro atoms. The van der Waals surface area contributed by atoms with Crippen LogP contribution in [0, 0.1) is 6.92 Å². The van der Waals surface area contributed by atoms with Crippen molar-refractivity contribution in [2.45, 2.75) is 43.2 Å². The highest BCUT2D eigenvalue weighted by molar-refractivity contribution is 8.00. The number of aryl methyl sites for hydroxylation is 1. The van der Waals surface area contributed by atoms with E-state index in [-0.39, 0.29) is 17.3 Å². The lowest BCUT2D eigenvalue weighted by molar-refractivity contribution is -0.120. The minimum atomic E-state index is -0.252. The number of rotatable bonds is 6. The van der Waals surface area contributed by atoms with Crippen molar-refractivity contribution in [3.8, 4) is 5.69 Å². The molecule has 1 aliphatic heterocycles. The Hall–Kier alpha value is -1.86. The molecule has 0 saturated carbocycles. The fraction of sp³-hybridized carbons (Fsp3) is 0.471. The normalized spacial score (nSPS) is 18.5. The first-order chi connectivity index (χ1) is 11.6. The van der Waals surface area contributed by atoms with Crippen LogP contribution in [0.15, 0.2) is 35.5 Å². The van der Waals surface area contributed by atoms with Gasteiger partial charge in [0.25, 0.3) is 0 Å². The van der Waals surface area contributed by atoms with Crippen molar-refractivity contribution in [3.63, 3.8) is 0 Å². The van der Waals surface area contributed by atoms with Crippen molar-refractivity contribution in [2.24, 2.45) is 0 Å². The third kappa shape index (κ3) is 3.96. The summed E-state index contributed by atoms with van der Waals surface area (Å²) < 4.78 is 7.50. The van der Waals surface area contributed by atoms with E-state index < -0.39 is 0 Å². The van der Waals surface area contributed by atoms with Gasteiger partial charge in [-0.25, -0.2) is 0 Å². The predicted octanol–water partition coefficient (Wildman–Crippen LogP) is 2.35. The molecule has 1 N–H and O–H groups in total. The summed E-state index contributed by atoms with van der Waals surface area (Å²) >= 11 is 1.41. The molecule has 1 saturated heterocycles. The fourth-order valence-electron chi connectivity index (χ4n) is 2.67. The number of carbonyl (C=O) groups is 1. The maximum Gasteiger partial charge on any atom is 0.233 e. The summed E-state index contributed by atoms with van der Waals surface area (Å²) in [7, 11) is 0. The Labute approximate surface area is 146 Å². The number of para-hydroxylation sites is 1. The van der Waals surface area contributed by atoms with Gasteiger partial charge in [0.1, 0.15) is 5.82 Å². The number of amides is 1. The number of nitrogens with zero attached hydrogens (tertiary/aromatic N) is 3. The van der Waals surface area contributed by atoms with Gasteiger partial charge < -0.3 is 10.1 Å². The molecule has 1 aromatic heterocycles. The second-order valence-electron chi connectivity index (χ2n) is 5.84. The Bertz CT molecular complexity index is 683. The first-order valence-corrected chi connectivity index (χ1v) is 9.06. The lowest BCUT2D eigenvalue weighted by Crippen LogP contribution is -2.36. The van der Waals surface area contributed by atoms with Crippen LogP contribution in [-0.4, -0.2) is 45.2 Å². The van der Waals surface area contributed by atoms with Crippen LogP contribution in [0.4, 0.5) is 0 Å². The van der Waals surface area contributed by atoms with Gasteiger partial charge in [-0.05, 0) is 38.8 Å². The molecule has 2 atom stereocenters. The zero-order valence-electron chi connectivity index (χ0n) is 13.9. The number of carbonyl (C=O) groups excluding carboxylic acids is 1. The van der Waals surface area contributed by atoms with E-state index in [0.29, 0.717) is 6.54 Å². The molecular weight excluding hydrogens is 324 g/mol. The second-order valence-corrected chi connectivity index (χ2v) is 7.15. The first kappa shape index (κ1) is 17.0. The minimum absolute atomic E-state index is 0.00392. The van der Waals surface area contributed by atoms with Gasteiger partial charge in [0.05, 0.1) is 11.4 Å². The van der Waals surface area contributed by atoms with Crippen LogP contribution in [-0.2, 0) is 9.53 Å². The van der Waals surface area contributed by atoms with Gasteiger partial charge in [-0.2, -0.15) is 0 Å². The third-order valence-corrected chi connectivity index (χ3v) is 5.03. The predicted molar refractivity (Wildman–Crippen MR) is 93.4 cm³/mol. The summed E-state index contributed by atoms with van der Waals surface area (Å²) in [5.74, 6) is 0.798. The van der Waals surface area contributed by atoms with E-state index in [4.69, 9.17) is 4.74 Å². The van der Waals surface area contributed by atoms with Crippen molar-refractivity contribution in [1.29, 1.82) is 0 Å². The number of aromatic nitrogens is 3. The Kier molecular flexibility index (Phi) is 5.52. The number of nitrogens with one attached hydrogen (secondary N) is 1. The number of ether oxygens (including phenoxy) is 1. The Morgan fingerprint density at radius 3 is 2.92 bits per heavy atom. The van der Waals surface area contributed by atoms with Gasteiger partial charge in [-0.15, -0.1) is 10.2 Å². The molecule has 0 aliphatic carbocycles. The van der Waals surface area contributed by atoms with E-state index >= 15 is 0 Å². The molecule has 0 unspecified atom stereocenters. The van der Waals surface area contributed by atoms with Crippen LogP contribution < -0.4 is 5.32 Å². The average Bonchev–Trinajstić information content (AvgIpc) is 3.23. The smallest absolute Gasteiger partial charge is 0.233 e. The highest BCUT2D eigenvalue weighted by Gasteiger charge is 2.22. The van der Waals surface area contributed by atoms with Crippen LogP contribution in [0.3, 0.4) is 0 Å². The van der Waals surface area contributed by atoms with Crippen LogP contribution in [0.1, 0.15) is 25.6 Å². The molecular formula is C17H22N4O2S. The average molecular weight is 346 g/mol. The highest BCUT2D eigenvalue weighted by Crippen LogP contribution is 2.25. The summed E-state index contributed by atoms with van der Waals surface area (Å²) in [5.41, 5.74) is 0.995. The number of thioether (sulfide) groups is 1. The van der Waals surface area contributed by atoms with E-state index in [2.05, 4.69) is 15.5 Å². The van der Waals surface area contributed by atoms with Crippen molar-refractivity contribution < 1.29 is 9.53 Å². The number of hydrogen-bond donors (Lipinski definition) is 1. The monoisotopic (exact) mass is 346 g/mol. The Morgan fingerprint density at radius 1 is 1.42 bits per heavy atom. The van der Waals surface area contributed by atoms with Gasteiger partial charge in [0.2, 0.25) is 5.91 Å². The number of hydrogen-bond acceptors (Lipinski definition) is 5. The Morgan fingerprint density at radius 2 is 2.21 bits per heavy atom. The van der Waals surface area contributed by atoms with E-state index in [1.165, 1.54) is 11.8 Å². The molecule has 1 fully saturated rings. The van der Waals surface area contributed by atoms with Crippen molar-refractivity contribution in [2.75, 3.05) is 13.2 Å². The molecule has 1 aromatic carbocycles. The zero-order chi connectivity index (χ0) is 16.9. The maximum absolute atomic E-state index is 12.3. The van der Waals surface area contributed by atoms with Crippen molar-refractivity contribution >= 4 is 17.7 Å². The van der Waals surface area contributed by atoms with Gasteiger partial charge >= 0.3 is 0 Å². The largest absolute Gasteiger partial charge is 0.376 e. The van der Waals surface area contributed by atoms with Crippen LogP contribution in [0.5, 0.6) is 0 Å². The van der Waals surface area contributed by atoms with Gasteiger partial charge in [-0.1, -0.05) is 30.0 Å². The maximum atomic E-state index is 12.3. The lowest BCUT2D eigenvalue weighted by Gasteiger charge is -2.15. The summed E-state index contributed by atoms with van der Waals surface area (Å²) in [4.78, 5) is 12.3. The molecule has 0 radical (unpaired) electrons. The van der Waals surface area contributed by atoms with Crippen molar-refractivity contribution in [1.82, 2.24) is 20.1 Å². The zero-order valence-corrected chi connectivity index (χ0v) is 14.8. The molecule has 0 bridgehead atoms. The van der Waals surface area contributed by atoms with E-state index in [1.54, 1.807) is 0 Å². The van der Waals surface area contributed by atoms with E-state index in [9.17, 15) is 4.79 Å². The van der Waals surface area contributed by atoms with Crippen molar-refractivity contribution in [3.05, 3.63) is 36.2 Å². The minimum Gasteiger partial charge on any atom is -0.376 e. The van der Waals surface area contributed by atoms with Crippen LogP contribution >= 0.6 is 11.8 Å². The third-order valence-electron chi connectivity index (χ3n) is 3.99. The molecule has 2 aromatic rings. The second kappa shape index (κ2) is 7.81. The van der Waals surface area contributed by atoms with Gasteiger partial charge in [0.15, 0.2) is 5.16 Å². The highest BCUT2D eigenvalue weighted by atomic mass is 32.2. The molecule has 1 aliphatic rings. The molecule has 7 heteroatoms. The molecule has 128 valence electrons. The van der Waals surface area contributed by atoms with E-state index in [0.717, 1.165) is 36.1 Å². The standard InChI is InChI=1S/C17H22N4O2S/c1-12(16(22)18-11-15-9-6-10-23-15)24-17-20-19-13(2)21(17)14-7-4-3-5-8-14/h3-5,7-8,12,15H,6,9-11H2,1-2H3,(H,18,22)/t12-,15+/m0/s1. The summed E-state index contributed by atoms with van der Waals surface area (Å²) in [5, 5.41) is 11.8. The Balaban J connectivity index is 1.64. The molecule has 2 heterocycles. The first-order valence-electron chi connectivity index (χ1n) is 8.18. The van der Waals surface area contributed by atoms with Gasteiger partial charge in [0, 0.05) is 18.8 Å². The number of benzene rings is 1. The summed E-state index contributed by atoms with van der Waals surface area (Å²) in [6.45, 7) is 5.17. The SMILES string of the molecule is Cc1nnc(S[C@@H](C)C(=O)NC[C@H]2CCCO2)n1-c1ccccc1. The fourth-order valence-corrected chi connectivity index (χ4v) is 3.61. The van der Waals surface area contributed by atoms with Crippen LogP contribution in [0.2, 0.25) is 0 Å². The molecule has 1 amide bonds. The lowest BCUT2D eigenvalue weighted by atomic mass is 10.2. The van der Waals surface area contributed by atoms with Crippen LogP contribution in [0.25, 0.3) is 5.69 Å². The molecule has 24 heavy (non-hydrogen) atoms. The molecule has 3 rings (SSSR count). The van der Waals surface area contributed by atoms with E-state index in [1.807, 2.05) is 48.7 Å².